The van der Waals surface area contributed by atoms with E-state index in [9.17, 15) is 40.7 Å². The van der Waals surface area contributed by atoms with Gasteiger partial charge in [0, 0.05) is 11.6 Å². The van der Waals surface area contributed by atoms with Gasteiger partial charge in [-0.05, 0) is 58.0 Å². The second kappa shape index (κ2) is 9.37. The molecule has 1 atom stereocenters. The fourth-order valence-corrected chi connectivity index (χ4v) is 6.54. The van der Waals surface area contributed by atoms with Crippen molar-refractivity contribution >= 4 is 26.8 Å². The van der Waals surface area contributed by atoms with Gasteiger partial charge in [0.05, 0.1) is 45.4 Å². The SMILES string of the molecule is C[C@@H](n1c(=O)n(-c2cccc(OC(F)(F)C(F)F)c2)c2ccc(C(=O)NC3(C)CS(=O)(=O)C3)cc21)C(C)(C)O. The van der Waals surface area contributed by atoms with Crippen LogP contribution in [-0.4, -0.2) is 63.7 Å². The van der Waals surface area contributed by atoms with Gasteiger partial charge in [0.1, 0.15) is 5.75 Å². The highest BCUT2D eigenvalue weighted by molar-refractivity contribution is 7.93. The number of sulfone groups is 1. The van der Waals surface area contributed by atoms with Gasteiger partial charge in [-0.25, -0.2) is 13.2 Å². The maximum atomic E-state index is 13.7. The van der Waals surface area contributed by atoms with Crippen molar-refractivity contribution in [3.63, 3.8) is 0 Å². The minimum Gasteiger partial charge on any atom is -0.428 e. The standard InChI is InChI=1S/C25H27F4N3O6S/c1-14(23(2,3)35)31-19-10-15(20(33)30-24(4)12-39(36,37)13-24)8-9-18(19)32(22(31)34)16-6-5-7-17(11-16)38-25(28,29)21(26)27/h5-11,14,21,35H,12-13H2,1-4H3,(H,30,33)/t14-/m1/s1. The van der Waals surface area contributed by atoms with Crippen LogP contribution in [0.15, 0.2) is 47.3 Å². The molecule has 1 aromatic heterocycles. The molecule has 9 nitrogen and oxygen atoms in total. The van der Waals surface area contributed by atoms with Crippen LogP contribution in [0.25, 0.3) is 16.7 Å². The van der Waals surface area contributed by atoms with E-state index in [1.54, 1.807) is 13.8 Å². The number of hydrogen-bond donors (Lipinski definition) is 2. The number of ether oxygens (including phenoxy) is 1. The molecule has 1 saturated heterocycles. The first-order valence-corrected chi connectivity index (χ1v) is 13.6. The lowest BCUT2D eigenvalue weighted by molar-refractivity contribution is -0.253. The Morgan fingerprint density at radius 1 is 1.13 bits per heavy atom. The molecule has 0 radical (unpaired) electrons. The molecule has 1 amide bonds. The van der Waals surface area contributed by atoms with E-state index in [4.69, 9.17) is 0 Å². The average Bonchev–Trinajstić information content (AvgIpc) is 3.06. The fourth-order valence-electron chi connectivity index (χ4n) is 4.53. The van der Waals surface area contributed by atoms with Crippen LogP contribution in [0.4, 0.5) is 17.6 Å². The van der Waals surface area contributed by atoms with Gasteiger partial charge in [-0.15, -0.1) is 0 Å². The first-order chi connectivity index (χ1) is 17.8. The van der Waals surface area contributed by atoms with Crippen molar-refractivity contribution in [3.05, 3.63) is 58.5 Å². The Labute approximate surface area is 220 Å². The average molecular weight is 574 g/mol. The number of nitrogens with one attached hydrogen (secondary N) is 1. The fraction of sp³-hybridized carbons (Fsp3) is 0.440. The zero-order valence-electron chi connectivity index (χ0n) is 21.4. The van der Waals surface area contributed by atoms with Crippen molar-refractivity contribution in [1.82, 2.24) is 14.5 Å². The summed E-state index contributed by atoms with van der Waals surface area (Å²) in [4.78, 5) is 26.6. The number of fused-ring (bicyclic) bond motifs is 1. The van der Waals surface area contributed by atoms with Crippen molar-refractivity contribution in [1.29, 1.82) is 0 Å². The van der Waals surface area contributed by atoms with E-state index in [1.165, 1.54) is 48.7 Å². The number of nitrogens with zero attached hydrogens (tertiary/aromatic N) is 2. The molecule has 0 bridgehead atoms. The molecule has 1 aliphatic heterocycles. The minimum absolute atomic E-state index is 0.0126. The summed E-state index contributed by atoms with van der Waals surface area (Å²) in [5, 5.41) is 13.4. The van der Waals surface area contributed by atoms with E-state index in [-0.39, 0.29) is 33.8 Å². The van der Waals surface area contributed by atoms with Gasteiger partial charge in [0.2, 0.25) is 0 Å². The summed E-state index contributed by atoms with van der Waals surface area (Å²) in [6.07, 6.45) is -8.84. The lowest BCUT2D eigenvalue weighted by Gasteiger charge is -2.38. The lowest BCUT2D eigenvalue weighted by Crippen LogP contribution is -2.63. The van der Waals surface area contributed by atoms with Crippen LogP contribution < -0.4 is 15.7 Å². The van der Waals surface area contributed by atoms with Crippen molar-refractivity contribution in [3.8, 4) is 11.4 Å². The number of rotatable bonds is 8. The molecule has 1 fully saturated rings. The van der Waals surface area contributed by atoms with Crippen molar-refractivity contribution in [2.24, 2.45) is 0 Å². The second-order valence-electron chi connectivity index (χ2n) is 10.5. The third-order valence-electron chi connectivity index (χ3n) is 6.62. The van der Waals surface area contributed by atoms with Crippen molar-refractivity contribution in [2.75, 3.05) is 11.5 Å². The normalized spacial score (nSPS) is 17.6. The third-order valence-corrected chi connectivity index (χ3v) is 8.78. The number of hydrogen-bond acceptors (Lipinski definition) is 6. The van der Waals surface area contributed by atoms with Crippen LogP contribution in [0.3, 0.4) is 0 Å². The zero-order chi connectivity index (χ0) is 29.1. The number of alkyl halides is 4. The molecule has 2 heterocycles. The number of amides is 1. The number of carbonyl (C=O) groups excluding carboxylic acids is 1. The van der Waals surface area contributed by atoms with Crippen LogP contribution in [0.5, 0.6) is 5.75 Å². The summed E-state index contributed by atoms with van der Waals surface area (Å²) in [5.74, 6) is -1.62. The summed E-state index contributed by atoms with van der Waals surface area (Å²) in [6.45, 7) is 6.12. The molecule has 2 aromatic carbocycles. The van der Waals surface area contributed by atoms with Crippen LogP contribution in [-0.2, 0) is 9.84 Å². The molecule has 0 unspecified atom stereocenters. The first-order valence-electron chi connectivity index (χ1n) is 11.8. The Morgan fingerprint density at radius 3 is 2.33 bits per heavy atom. The van der Waals surface area contributed by atoms with Crippen LogP contribution in [0.2, 0.25) is 0 Å². The number of imidazole rings is 1. The second-order valence-corrected chi connectivity index (χ2v) is 12.6. The van der Waals surface area contributed by atoms with E-state index >= 15 is 0 Å². The van der Waals surface area contributed by atoms with Crippen molar-refractivity contribution < 1.29 is 40.6 Å². The molecule has 0 saturated carbocycles. The lowest BCUT2D eigenvalue weighted by atomic mass is 10.0. The Balaban J connectivity index is 1.83. The van der Waals surface area contributed by atoms with Gasteiger partial charge >= 0.3 is 18.2 Å². The Kier molecular flexibility index (Phi) is 6.87. The Bertz CT molecular complexity index is 1600. The molecular weight excluding hydrogens is 546 g/mol. The van der Waals surface area contributed by atoms with Gasteiger partial charge < -0.3 is 15.2 Å². The molecule has 212 valence electrons. The number of benzene rings is 2. The van der Waals surface area contributed by atoms with Gasteiger partial charge in [-0.2, -0.15) is 17.6 Å². The van der Waals surface area contributed by atoms with E-state index < -0.39 is 56.9 Å². The summed E-state index contributed by atoms with van der Waals surface area (Å²) < 4.78 is 82.1. The predicted octanol–water partition coefficient (Wildman–Crippen LogP) is 3.28. The maximum absolute atomic E-state index is 13.7. The maximum Gasteiger partial charge on any atom is 0.461 e. The first kappa shape index (κ1) is 28.6. The molecule has 39 heavy (non-hydrogen) atoms. The monoisotopic (exact) mass is 573 g/mol. The van der Waals surface area contributed by atoms with Gasteiger partial charge in [0.15, 0.2) is 9.84 Å². The quantitative estimate of drug-likeness (QED) is 0.400. The highest BCUT2D eigenvalue weighted by Crippen LogP contribution is 2.31. The predicted molar refractivity (Wildman–Crippen MR) is 135 cm³/mol. The smallest absolute Gasteiger partial charge is 0.428 e. The van der Waals surface area contributed by atoms with Crippen LogP contribution in [0, 0.1) is 0 Å². The Morgan fingerprint density at radius 2 is 1.77 bits per heavy atom. The third kappa shape index (κ3) is 5.53. The number of halogens is 4. The zero-order valence-corrected chi connectivity index (χ0v) is 22.2. The topological polar surface area (TPSA) is 120 Å². The Hall–Kier alpha value is -3.39. The van der Waals surface area contributed by atoms with E-state index in [2.05, 4.69) is 10.1 Å². The van der Waals surface area contributed by atoms with Crippen LogP contribution in [0.1, 0.15) is 44.1 Å². The number of aromatic nitrogens is 2. The molecule has 0 spiro atoms. The van der Waals surface area contributed by atoms with E-state index in [1.807, 2.05) is 0 Å². The summed E-state index contributed by atoms with van der Waals surface area (Å²) in [5.41, 5.74) is -2.52. The molecule has 3 aromatic rings. The molecule has 0 aliphatic carbocycles. The van der Waals surface area contributed by atoms with Gasteiger partial charge in [-0.1, -0.05) is 6.07 Å². The molecule has 1 aliphatic rings. The summed E-state index contributed by atoms with van der Waals surface area (Å²) >= 11 is 0. The van der Waals surface area contributed by atoms with E-state index in [0.29, 0.717) is 0 Å². The van der Waals surface area contributed by atoms with E-state index in [0.717, 1.165) is 16.7 Å². The van der Waals surface area contributed by atoms with Gasteiger partial charge in [-0.3, -0.25) is 13.9 Å². The highest BCUT2D eigenvalue weighted by atomic mass is 32.2. The van der Waals surface area contributed by atoms with Gasteiger partial charge in [0.25, 0.3) is 5.91 Å². The largest absolute Gasteiger partial charge is 0.461 e. The van der Waals surface area contributed by atoms with Crippen molar-refractivity contribution in [2.45, 2.75) is 57.4 Å². The summed E-state index contributed by atoms with van der Waals surface area (Å²) in [6, 6.07) is 8.04. The summed E-state index contributed by atoms with van der Waals surface area (Å²) in [7, 11) is -3.23. The minimum atomic E-state index is -4.76. The molecular formula is C25H27F4N3O6S. The number of carbonyl (C=O) groups is 1. The molecule has 4 rings (SSSR count). The highest BCUT2D eigenvalue weighted by Gasteiger charge is 2.46. The molecule has 2 N–H and O–H groups in total. The van der Waals surface area contributed by atoms with Crippen LogP contribution >= 0.6 is 0 Å². The molecule has 14 heteroatoms. The number of aliphatic hydroxyl groups is 1.